The summed E-state index contributed by atoms with van der Waals surface area (Å²) in [5.74, 6) is -1.32. The highest BCUT2D eigenvalue weighted by Crippen LogP contribution is 2.29. The molecule has 3 rings (SSSR count). The van der Waals surface area contributed by atoms with Gasteiger partial charge in [-0.3, -0.25) is 9.59 Å². The molecule has 0 spiro atoms. The van der Waals surface area contributed by atoms with E-state index in [0.717, 1.165) is 4.90 Å². The number of esters is 1. The molecule has 1 heterocycles. The van der Waals surface area contributed by atoms with Crippen molar-refractivity contribution in [3.63, 3.8) is 0 Å². The van der Waals surface area contributed by atoms with Crippen LogP contribution < -0.4 is 10.2 Å². The minimum absolute atomic E-state index is 0.0961. The number of imide groups is 1. The number of benzene rings is 2. The molecule has 1 aliphatic rings. The Morgan fingerprint density at radius 1 is 1.12 bits per heavy atom. The molecule has 0 bridgehead atoms. The zero-order valence-electron chi connectivity index (χ0n) is 18.7. The quantitative estimate of drug-likeness (QED) is 0.456. The summed E-state index contributed by atoms with van der Waals surface area (Å²) in [7, 11) is 0. The number of ether oxygens (including phenoxy) is 1. The molecule has 1 saturated heterocycles. The summed E-state index contributed by atoms with van der Waals surface area (Å²) < 4.78 is 4.98. The predicted octanol–water partition coefficient (Wildman–Crippen LogP) is 4.34. The number of urea groups is 1. The lowest BCUT2D eigenvalue weighted by molar-refractivity contribution is -0.124. The first kappa shape index (κ1) is 24.3. The summed E-state index contributed by atoms with van der Waals surface area (Å²) >= 11 is 5.93. The van der Waals surface area contributed by atoms with Crippen molar-refractivity contribution in [3.8, 4) is 0 Å². The predicted molar refractivity (Wildman–Crippen MR) is 125 cm³/mol. The van der Waals surface area contributed by atoms with Crippen LogP contribution in [-0.4, -0.2) is 47.9 Å². The van der Waals surface area contributed by atoms with Gasteiger partial charge in [0.2, 0.25) is 5.91 Å². The zero-order valence-corrected chi connectivity index (χ0v) is 19.5. The van der Waals surface area contributed by atoms with Crippen LogP contribution >= 0.6 is 11.6 Å². The van der Waals surface area contributed by atoms with Gasteiger partial charge in [0, 0.05) is 17.3 Å². The lowest BCUT2D eigenvalue weighted by Crippen LogP contribution is -2.40. The summed E-state index contributed by atoms with van der Waals surface area (Å²) in [6.07, 6.45) is -0.217. The Hall–Kier alpha value is -3.39. The molecule has 1 N–H and O–H groups in total. The van der Waals surface area contributed by atoms with Gasteiger partial charge in [0.25, 0.3) is 5.91 Å². The monoisotopic (exact) mass is 471 g/mol. The van der Waals surface area contributed by atoms with Gasteiger partial charge in [0.1, 0.15) is 6.04 Å². The zero-order chi connectivity index (χ0) is 24.1. The van der Waals surface area contributed by atoms with Gasteiger partial charge >= 0.3 is 12.0 Å². The Morgan fingerprint density at radius 2 is 1.82 bits per heavy atom. The van der Waals surface area contributed by atoms with E-state index < -0.39 is 29.9 Å². The molecule has 0 aliphatic carbocycles. The van der Waals surface area contributed by atoms with E-state index in [2.05, 4.69) is 5.32 Å². The van der Waals surface area contributed by atoms with Crippen molar-refractivity contribution < 1.29 is 23.9 Å². The number of carbonyl (C=O) groups excluding carboxylic acids is 4. The molecule has 0 saturated carbocycles. The van der Waals surface area contributed by atoms with Gasteiger partial charge in [-0.1, -0.05) is 31.5 Å². The minimum atomic E-state index is -0.941. The lowest BCUT2D eigenvalue weighted by atomic mass is 10.1. The molecule has 1 aliphatic heterocycles. The molecule has 2 aromatic carbocycles. The van der Waals surface area contributed by atoms with E-state index in [0.29, 0.717) is 28.5 Å². The van der Waals surface area contributed by atoms with Crippen molar-refractivity contribution in [1.29, 1.82) is 0 Å². The smallest absolute Gasteiger partial charge is 0.338 e. The van der Waals surface area contributed by atoms with E-state index in [1.807, 2.05) is 13.8 Å². The fourth-order valence-corrected chi connectivity index (χ4v) is 3.71. The maximum absolute atomic E-state index is 13.2. The molecule has 0 aromatic heterocycles. The van der Waals surface area contributed by atoms with E-state index in [1.54, 1.807) is 49.4 Å². The van der Waals surface area contributed by atoms with Gasteiger partial charge in [-0.15, -0.1) is 0 Å². The molecule has 1 atom stereocenters. The third-order valence-electron chi connectivity index (χ3n) is 5.00. The average molecular weight is 472 g/mol. The summed E-state index contributed by atoms with van der Waals surface area (Å²) in [4.78, 5) is 53.5. The second-order valence-corrected chi connectivity index (χ2v) is 8.48. The van der Waals surface area contributed by atoms with Crippen LogP contribution in [0.5, 0.6) is 0 Å². The van der Waals surface area contributed by atoms with Crippen LogP contribution in [0.3, 0.4) is 0 Å². The Labute approximate surface area is 197 Å². The molecule has 4 amide bonds. The Morgan fingerprint density at radius 3 is 2.45 bits per heavy atom. The van der Waals surface area contributed by atoms with Crippen LogP contribution in [0.15, 0.2) is 48.5 Å². The van der Waals surface area contributed by atoms with E-state index >= 15 is 0 Å². The number of carbonyl (C=O) groups is 4. The van der Waals surface area contributed by atoms with Crippen molar-refractivity contribution in [2.45, 2.75) is 33.2 Å². The summed E-state index contributed by atoms with van der Waals surface area (Å²) in [6.45, 7) is 6.13. The number of hydrogen-bond donors (Lipinski definition) is 1. The van der Waals surface area contributed by atoms with Crippen molar-refractivity contribution >= 4 is 46.8 Å². The molecule has 2 aromatic rings. The molecule has 9 heteroatoms. The van der Waals surface area contributed by atoms with Gasteiger partial charge in [-0.2, -0.15) is 0 Å². The first-order chi connectivity index (χ1) is 15.7. The van der Waals surface area contributed by atoms with E-state index in [9.17, 15) is 19.2 Å². The molecule has 33 heavy (non-hydrogen) atoms. The summed E-state index contributed by atoms with van der Waals surface area (Å²) in [6, 6.07) is 11.3. The van der Waals surface area contributed by atoms with Crippen LogP contribution in [0, 0.1) is 5.92 Å². The number of nitrogens with zero attached hydrogens (tertiary/aromatic N) is 2. The number of rotatable bonds is 8. The second-order valence-electron chi connectivity index (χ2n) is 8.05. The number of nitrogens with one attached hydrogen (secondary N) is 1. The summed E-state index contributed by atoms with van der Waals surface area (Å²) in [5.41, 5.74) is 1.10. The van der Waals surface area contributed by atoms with E-state index in [-0.39, 0.29) is 18.9 Å². The highest BCUT2D eigenvalue weighted by Gasteiger charge is 2.46. The van der Waals surface area contributed by atoms with Crippen LogP contribution in [0.2, 0.25) is 5.02 Å². The average Bonchev–Trinajstić information content (AvgIpc) is 2.98. The van der Waals surface area contributed by atoms with Gasteiger partial charge in [0.05, 0.1) is 24.3 Å². The van der Waals surface area contributed by atoms with Gasteiger partial charge in [-0.05, 0) is 55.3 Å². The number of anilines is 2. The first-order valence-corrected chi connectivity index (χ1v) is 11.1. The Balaban J connectivity index is 1.78. The van der Waals surface area contributed by atoms with Crippen LogP contribution in [-0.2, 0) is 14.3 Å². The molecule has 8 nitrogen and oxygen atoms in total. The third kappa shape index (κ3) is 5.70. The van der Waals surface area contributed by atoms with Crippen molar-refractivity contribution in [2.75, 3.05) is 23.4 Å². The normalized spacial score (nSPS) is 15.8. The van der Waals surface area contributed by atoms with Crippen LogP contribution in [0.4, 0.5) is 16.2 Å². The van der Waals surface area contributed by atoms with Gasteiger partial charge < -0.3 is 15.0 Å². The second kappa shape index (κ2) is 10.5. The molecule has 1 unspecified atom stereocenters. The highest BCUT2D eigenvalue weighted by molar-refractivity contribution is 6.30. The SMILES string of the molecule is CCOC(=O)c1cccc(NC(=O)CC2C(=O)N(c3ccc(Cl)cc3)C(=O)N2CC(C)C)c1. The van der Waals surface area contributed by atoms with Crippen LogP contribution in [0.25, 0.3) is 0 Å². The maximum atomic E-state index is 13.2. The van der Waals surface area contributed by atoms with Gasteiger partial charge in [0.15, 0.2) is 0 Å². The van der Waals surface area contributed by atoms with Crippen molar-refractivity contribution in [1.82, 2.24) is 4.90 Å². The molecule has 1 fully saturated rings. The molecule has 174 valence electrons. The summed E-state index contributed by atoms with van der Waals surface area (Å²) in [5, 5.41) is 3.19. The topological polar surface area (TPSA) is 96.0 Å². The van der Waals surface area contributed by atoms with E-state index in [1.165, 1.54) is 11.0 Å². The maximum Gasteiger partial charge on any atom is 0.338 e. The number of amides is 4. The third-order valence-corrected chi connectivity index (χ3v) is 5.25. The highest BCUT2D eigenvalue weighted by atomic mass is 35.5. The fraction of sp³-hybridized carbons (Fsp3) is 0.333. The molecular weight excluding hydrogens is 446 g/mol. The van der Waals surface area contributed by atoms with Crippen molar-refractivity contribution in [3.05, 3.63) is 59.1 Å². The molecular formula is C24H26ClN3O5. The largest absolute Gasteiger partial charge is 0.462 e. The fourth-order valence-electron chi connectivity index (χ4n) is 3.59. The Bertz CT molecular complexity index is 1050. The van der Waals surface area contributed by atoms with Gasteiger partial charge in [-0.25, -0.2) is 14.5 Å². The lowest BCUT2D eigenvalue weighted by Gasteiger charge is -2.23. The van der Waals surface area contributed by atoms with E-state index in [4.69, 9.17) is 16.3 Å². The number of halogens is 1. The first-order valence-electron chi connectivity index (χ1n) is 10.7. The number of hydrogen-bond acceptors (Lipinski definition) is 5. The van der Waals surface area contributed by atoms with Crippen molar-refractivity contribution in [2.24, 2.45) is 5.92 Å². The Kier molecular flexibility index (Phi) is 7.71. The molecule has 0 radical (unpaired) electrons. The standard InChI is InChI=1S/C24H26ClN3O5/c1-4-33-23(31)16-6-5-7-18(12-16)26-21(29)13-20-22(30)28(19-10-8-17(25)9-11-19)24(32)27(20)14-15(2)3/h5-12,15,20H,4,13-14H2,1-3H3,(H,26,29). The minimum Gasteiger partial charge on any atom is -0.462 e. The van der Waals surface area contributed by atoms with Crippen LogP contribution in [0.1, 0.15) is 37.6 Å².